The fraction of sp³-hybridized carbons (Fsp3) is 0.257. The zero-order valence-corrected chi connectivity index (χ0v) is 25.9. The van der Waals surface area contributed by atoms with Crippen LogP contribution in [0.3, 0.4) is 0 Å². The van der Waals surface area contributed by atoms with Gasteiger partial charge in [0.1, 0.15) is 5.75 Å². The van der Waals surface area contributed by atoms with Crippen molar-refractivity contribution < 1.29 is 14.3 Å². The van der Waals surface area contributed by atoms with Crippen LogP contribution in [0.5, 0.6) is 17.4 Å². The van der Waals surface area contributed by atoms with Gasteiger partial charge in [-0.25, -0.2) is 4.98 Å². The van der Waals surface area contributed by atoms with Gasteiger partial charge in [0.25, 0.3) is 0 Å². The van der Waals surface area contributed by atoms with Crippen molar-refractivity contribution in [2.24, 2.45) is 0 Å². The predicted octanol–water partition coefficient (Wildman–Crippen LogP) is 7.78. The van der Waals surface area contributed by atoms with Gasteiger partial charge in [-0.05, 0) is 72.5 Å². The molecule has 0 unspecified atom stereocenters. The smallest absolute Gasteiger partial charge is 0.246 e. The monoisotopic (exact) mass is 615 g/mol. The number of aromatic nitrogens is 1. The van der Waals surface area contributed by atoms with Crippen molar-refractivity contribution in [1.82, 2.24) is 14.8 Å². The maximum atomic E-state index is 12.9. The highest BCUT2D eigenvalue weighted by atomic mass is 35.5. The number of aryl methyl sites for hydroxylation is 2. The Morgan fingerprint density at radius 2 is 1.63 bits per heavy atom. The summed E-state index contributed by atoms with van der Waals surface area (Å²) in [5, 5.41) is 1.19. The molecule has 2 heterocycles. The second-order valence-corrected chi connectivity index (χ2v) is 11.6. The van der Waals surface area contributed by atoms with Crippen LogP contribution >= 0.6 is 23.2 Å². The third kappa shape index (κ3) is 8.83. The molecular weight excluding hydrogens is 581 g/mol. The molecule has 1 aliphatic heterocycles. The normalized spacial score (nSPS) is 13.8. The average Bonchev–Trinajstić information content (AvgIpc) is 3.01. The van der Waals surface area contributed by atoms with Crippen LogP contribution in [0.1, 0.15) is 27.8 Å². The maximum Gasteiger partial charge on any atom is 0.246 e. The van der Waals surface area contributed by atoms with E-state index in [0.29, 0.717) is 42.1 Å². The number of hydrogen-bond donors (Lipinski definition) is 0. The predicted molar refractivity (Wildman–Crippen MR) is 173 cm³/mol. The van der Waals surface area contributed by atoms with E-state index in [2.05, 4.69) is 41.1 Å². The molecule has 0 saturated carbocycles. The Morgan fingerprint density at radius 1 is 0.907 bits per heavy atom. The fourth-order valence-corrected chi connectivity index (χ4v) is 5.33. The van der Waals surface area contributed by atoms with Crippen LogP contribution in [-0.2, 0) is 17.8 Å². The summed E-state index contributed by atoms with van der Waals surface area (Å²) in [6.45, 7) is 8.44. The van der Waals surface area contributed by atoms with Gasteiger partial charge < -0.3 is 14.4 Å². The molecule has 6 nitrogen and oxygen atoms in total. The Hall–Kier alpha value is -3.84. The molecule has 0 atom stereocenters. The number of carbonyl (C=O) groups excluding carboxylic acids is 1. The molecule has 1 saturated heterocycles. The van der Waals surface area contributed by atoms with Crippen molar-refractivity contribution >= 4 is 35.2 Å². The van der Waals surface area contributed by atoms with Crippen LogP contribution in [-0.4, -0.2) is 53.5 Å². The number of piperazine rings is 1. The second-order valence-electron chi connectivity index (χ2n) is 10.7. The van der Waals surface area contributed by atoms with Gasteiger partial charge in [-0.1, -0.05) is 65.2 Å². The van der Waals surface area contributed by atoms with Gasteiger partial charge in [0.05, 0.1) is 17.8 Å². The van der Waals surface area contributed by atoms with Gasteiger partial charge in [0.15, 0.2) is 5.75 Å². The van der Waals surface area contributed by atoms with E-state index in [4.69, 9.17) is 32.7 Å². The van der Waals surface area contributed by atoms with Crippen LogP contribution in [0.2, 0.25) is 10.0 Å². The van der Waals surface area contributed by atoms with E-state index in [9.17, 15) is 4.79 Å². The minimum absolute atomic E-state index is 0.00869. The topological polar surface area (TPSA) is 54.9 Å². The molecule has 0 N–H and O–H groups in total. The van der Waals surface area contributed by atoms with Crippen LogP contribution in [0, 0.1) is 13.8 Å². The zero-order valence-electron chi connectivity index (χ0n) is 24.4. The van der Waals surface area contributed by atoms with E-state index in [1.165, 1.54) is 16.7 Å². The summed E-state index contributed by atoms with van der Waals surface area (Å²) in [7, 11) is 0. The van der Waals surface area contributed by atoms with Gasteiger partial charge in [-0.2, -0.15) is 0 Å². The summed E-state index contributed by atoms with van der Waals surface area (Å²) < 4.78 is 11.8. The first-order valence-electron chi connectivity index (χ1n) is 14.4. The SMILES string of the molecule is Cc1ccc(CCOc2ccc(Oc3c(C)cc(C=CC(=O)N4CCN(Cc5ccc(Cl)cc5)CC4)cc3Cl)nc2)cc1. The number of amides is 1. The van der Waals surface area contributed by atoms with E-state index in [0.717, 1.165) is 42.2 Å². The molecule has 3 aromatic carbocycles. The van der Waals surface area contributed by atoms with Crippen LogP contribution < -0.4 is 9.47 Å². The Kier molecular flexibility index (Phi) is 10.4. The molecule has 0 radical (unpaired) electrons. The highest BCUT2D eigenvalue weighted by Gasteiger charge is 2.20. The maximum absolute atomic E-state index is 12.9. The molecule has 1 aromatic heterocycles. The molecule has 0 bridgehead atoms. The first-order chi connectivity index (χ1) is 20.8. The Balaban J connectivity index is 1.10. The van der Waals surface area contributed by atoms with Gasteiger partial charge in [-0.15, -0.1) is 0 Å². The van der Waals surface area contributed by atoms with Crippen LogP contribution in [0.15, 0.2) is 85.1 Å². The van der Waals surface area contributed by atoms with E-state index in [1.807, 2.05) is 48.2 Å². The van der Waals surface area contributed by atoms with E-state index < -0.39 is 0 Å². The van der Waals surface area contributed by atoms with Crippen LogP contribution in [0.25, 0.3) is 6.08 Å². The summed E-state index contributed by atoms with van der Waals surface area (Å²) in [4.78, 5) is 21.5. The lowest BCUT2D eigenvalue weighted by molar-refractivity contribution is -0.127. The molecule has 0 aliphatic carbocycles. The van der Waals surface area contributed by atoms with E-state index in [-0.39, 0.29) is 5.91 Å². The van der Waals surface area contributed by atoms with Gasteiger partial charge in [0.2, 0.25) is 11.8 Å². The lowest BCUT2D eigenvalue weighted by Crippen LogP contribution is -2.47. The van der Waals surface area contributed by atoms with Crippen molar-refractivity contribution in [3.63, 3.8) is 0 Å². The molecule has 4 aromatic rings. The molecule has 5 rings (SSSR count). The number of pyridine rings is 1. The molecule has 1 aliphatic rings. The third-order valence-corrected chi connectivity index (χ3v) is 7.90. The van der Waals surface area contributed by atoms with Crippen molar-refractivity contribution in [3.8, 4) is 17.4 Å². The summed E-state index contributed by atoms with van der Waals surface area (Å²) in [6.07, 6.45) is 5.88. The Labute approximate surface area is 263 Å². The first kappa shape index (κ1) is 30.6. The van der Waals surface area contributed by atoms with Crippen LogP contribution in [0.4, 0.5) is 0 Å². The van der Waals surface area contributed by atoms with E-state index in [1.54, 1.807) is 30.5 Å². The number of ether oxygens (including phenoxy) is 2. The lowest BCUT2D eigenvalue weighted by atomic mass is 10.1. The number of hydrogen-bond acceptors (Lipinski definition) is 5. The van der Waals surface area contributed by atoms with Gasteiger partial charge in [-0.3, -0.25) is 9.69 Å². The summed E-state index contributed by atoms with van der Waals surface area (Å²) in [6, 6.07) is 23.7. The minimum Gasteiger partial charge on any atom is -0.492 e. The zero-order chi connectivity index (χ0) is 30.2. The minimum atomic E-state index is -0.00869. The number of benzene rings is 3. The molecule has 1 amide bonds. The second kappa shape index (κ2) is 14.6. The molecule has 43 heavy (non-hydrogen) atoms. The van der Waals surface area contributed by atoms with Crippen molar-refractivity contribution in [1.29, 1.82) is 0 Å². The summed E-state index contributed by atoms with van der Waals surface area (Å²) >= 11 is 12.6. The molecule has 8 heteroatoms. The quantitative estimate of drug-likeness (QED) is 0.171. The highest BCUT2D eigenvalue weighted by molar-refractivity contribution is 6.32. The first-order valence-corrected chi connectivity index (χ1v) is 15.1. The fourth-order valence-electron chi connectivity index (χ4n) is 4.89. The standard InChI is InChI=1S/C35H35Cl2N3O3/c1-25-3-5-27(6-4-25)15-20-42-31-12-13-33(38-23-31)43-35-26(2)21-29(22-32(35)37)9-14-34(41)40-18-16-39(17-19-40)24-28-7-10-30(36)11-8-28/h3-14,21-23H,15-20,24H2,1-2H3. The van der Waals surface area contributed by atoms with Gasteiger partial charge in [0, 0.05) is 56.3 Å². The van der Waals surface area contributed by atoms with E-state index >= 15 is 0 Å². The number of rotatable bonds is 10. The number of nitrogens with zero attached hydrogens (tertiary/aromatic N) is 3. The Bertz CT molecular complexity index is 1520. The highest BCUT2D eigenvalue weighted by Crippen LogP contribution is 2.34. The van der Waals surface area contributed by atoms with Crippen molar-refractivity contribution in [3.05, 3.63) is 123 Å². The van der Waals surface area contributed by atoms with Crippen molar-refractivity contribution in [2.75, 3.05) is 32.8 Å². The molecule has 222 valence electrons. The molecule has 1 fully saturated rings. The largest absolute Gasteiger partial charge is 0.492 e. The summed E-state index contributed by atoms with van der Waals surface area (Å²) in [5.41, 5.74) is 5.36. The average molecular weight is 617 g/mol. The van der Waals surface area contributed by atoms with Gasteiger partial charge >= 0.3 is 0 Å². The van der Waals surface area contributed by atoms with Crippen molar-refractivity contribution in [2.45, 2.75) is 26.8 Å². The lowest BCUT2D eigenvalue weighted by Gasteiger charge is -2.34. The number of halogens is 2. The molecular formula is C35H35Cl2N3O3. The number of carbonyl (C=O) groups is 1. The summed E-state index contributed by atoms with van der Waals surface area (Å²) in [5.74, 6) is 1.62. The molecule has 0 spiro atoms. The Morgan fingerprint density at radius 3 is 2.30 bits per heavy atom. The third-order valence-electron chi connectivity index (χ3n) is 7.37.